The van der Waals surface area contributed by atoms with Gasteiger partial charge in [0.2, 0.25) is 0 Å². The van der Waals surface area contributed by atoms with Crippen LogP contribution in [0.1, 0.15) is 48.4 Å². The van der Waals surface area contributed by atoms with E-state index in [2.05, 4.69) is 23.6 Å². The predicted octanol–water partition coefficient (Wildman–Crippen LogP) is 2.18. The molecule has 2 atom stereocenters. The SMILES string of the molecule is NNC(CCC1CCCO1)c1ccc2c(c1)COC2. The van der Waals surface area contributed by atoms with E-state index in [0.717, 1.165) is 32.7 Å². The highest BCUT2D eigenvalue weighted by Gasteiger charge is 2.19. The van der Waals surface area contributed by atoms with Crippen molar-refractivity contribution in [3.63, 3.8) is 0 Å². The molecule has 0 aromatic heterocycles. The molecule has 3 N–H and O–H groups in total. The molecule has 1 aromatic carbocycles. The van der Waals surface area contributed by atoms with Crippen molar-refractivity contribution >= 4 is 0 Å². The lowest BCUT2D eigenvalue weighted by molar-refractivity contribution is 0.0996. The number of hydrogen-bond acceptors (Lipinski definition) is 4. The van der Waals surface area contributed by atoms with Crippen LogP contribution in [0.5, 0.6) is 0 Å². The van der Waals surface area contributed by atoms with Gasteiger partial charge < -0.3 is 9.47 Å². The highest BCUT2D eigenvalue weighted by Crippen LogP contribution is 2.27. The molecule has 19 heavy (non-hydrogen) atoms. The van der Waals surface area contributed by atoms with Gasteiger partial charge in [0.05, 0.1) is 19.3 Å². The molecule has 4 heteroatoms. The fourth-order valence-electron chi connectivity index (χ4n) is 2.98. The minimum Gasteiger partial charge on any atom is -0.378 e. The van der Waals surface area contributed by atoms with Crippen LogP contribution < -0.4 is 11.3 Å². The van der Waals surface area contributed by atoms with Gasteiger partial charge in [-0.15, -0.1) is 0 Å². The quantitative estimate of drug-likeness (QED) is 0.631. The lowest BCUT2D eigenvalue weighted by atomic mass is 9.97. The van der Waals surface area contributed by atoms with Crippen molar-refractivity contribution in [2.75, 3.05) is 6.61 Å². The average molecular weight is 262 g/mol. The van der Waals surface area contributed by atoms with Crippen LogP contribution in [0.15, 0.2) is 18.2 Å². The molecule has 104 valence electrons. The van der Waals surface area contributed by atoms with E-state index in [0.29, 0.717) is 6.10 Å². The first-order valence-corrected chi connectivity index (χ1v) is 7.14. The van der Waals surface area contributed by atoms with Gasteiger partial charge in [0.1, 0.15) is 0 Å². The molecule has 0 spiro atoms. The summed E-state index contributed by atoms with van der Waals surface area (Å²) in [6.45, 7) is 2.39. The first-order valence-electron chi connectivity index (χ1n) is 7.14. The minimum atomic E-state index is 0.204. The van der Waals surface area contributed by atoms with Gasteiger partial charge >= 0.3 is 0 Å². The van der Waals surface area contributed by atoms with Gasteiger partial charge in [-0.1, -0.05) is 18.2 Å². The second-order valence-electron chi connectivity index (χ2n) is 5.45. The van der Waals surface area contributed by atoms with Gasteiger partial charge in [-0.3, -0.25) is 11.3 Å². The number of nitrogens with one attached hydrogen (secondary N) is 1. The van der Waals surface area contributed by atoms with Crippen molar-refractivity contribution in [1.29, 1.82) is 0 Å². The molecule has 3 rings (SSSR count). The van der Waals surface area contributed by atoms with Gasteiger partial charge in [0.15, 0.2) is 0 Å². The van der Waals surface area contributed by atoms with Crippen molar-refractivity contribution in [3.8, 4) is 0 Å². The Hall–Kier alpha value is -0.940. The maximum absolute atomic E-state index is 5.71. The summed E-state index contributed by atoms with van der Waals surface area (Å²) < 4.78 is 11.1. The third-order valence-corrected chi connectivity index (χ3v) is 4.15. The smallest absolute Gasteiger partial charge is 0.0725 e. The molecule has 0 radical (unpaired) electrons. The molecule has 2 aliphatic rings. The summed E-state index contributed by atoms with van der Waals surface area (Å²) >= 11 is 0. The summed E-state index contributed by atoms with van der Waals surface area (Å²) in [7, 11) is 0. The second kappa shape index (κ2) is 6.01. The summed E-state index contributed by atoms with van der Waals surface area (Å²) in [6.07, 6.45) is 4.90. The number of nitrogens with two attached hydrogens (primary N) is 1. The van der Waals surface area contributed by atoms with E-state index in [4.69, 9.17) is 15.3 Å². The Bertz CT molecular complexity index is 430. The number of hydrogen-bond donors (Lipinski definition) is 2. The normalized spacial score (nSPS) is 23.5. The Kier molecular flexibility index (Phi) is 4.13. The van der Waals surface area contributed by atoms with E-state index in [9.17, 15) is 0 Å². The van der Waals surface area contributed by atoms with Gasteiger partial charge in [0.25, 0.3) is 0 Å². The Labute approximate surface area is 114 Å². The van der Waals surface area contributed by atoms with Crippen molar-refractivity contribution in [1.82, 2.24) is 5.43 Å². The molecular weight excluding hydrogens is 240 g/mol. The first kappa shape index (κ1) is 13.1. The summed E-state index contributed by atoms with van der Waals surface area (Å²) in [5.41, 5.74) is 6.80. The second-order valence-corrected chi connectivity index (χ2v) is 5.45. The third kappa shape index (κ3) is 2.98. The van der Waals surface area contributed by atoms with E-state index < -0.39 is 0 Å². The Morgan fingerprint density at radius 2 is 2.21 bits per heavy atom. The maximum atomic E-state index is 5.71. The summed E-state index contributed by atoms with van der Waals surface area (Å²) in [5, 5.41) is 0. The molecule has 0 saturated carbocycles. The number of benzene rings is 1. The van der Waals surface area contributed by atoms with Crippen LogP contribution >= 0.6 is 0 Å². The first-order chi connectivity index (χ1) is 9.36. The van der Waals surface area contributed by atoms with Gasteiger partial charge in [-0.2, -0.15) is 0 Å². The predicted molar refractivity (Wildman–Crippen MR) is 73.2 cm³/mol. The molecule has 2 aliphatic heterocycles. The number of hydrazine groups is 1. The number of ether oxygens (including phenoxy) is 2. The number of rotatable bonds is 5. The van der Waals surface area contributed by atoms with E-state index >= 15 is 0 Å². The zero-order valence-electron chi connectivity index (χ0n) is 11.2. The van der Waals surface area contributed by atoms with Crippen molar-refractivity contribution in [3.05, 3.63) is 34.9 Å². The average Bonchev–Trinajstić information content (AvgIpc) is 3.09. The van der Waals surface area contributed by atoms with Crippen LogP contribution in [0.3, 0.4) is 0 Å². The van der Waals surface area contributed by atoms with E-state index in [-0.39, 0.29) is 6.04 Å². The summed E-state index contributed by atoms with van der Waals surface area (Å²) in [6, 6.07) is 6.75. The van der Waals surface area contributed by atoms with Gasteiger partial charge in [0, 0.05) is 12.6 Å². The Balaban J connectivity index is 1.64. The van der Waals surface area contributed by atoms with Crippen LogP contribution in [0, 0.1) is 0 Å². The molecule has 2 heterocycles. The molecular formula is C15H22N2O2. The summed E-state index contributed by atoms with van der Waals surface area (Å²) in [5.74, 6) is 5.71. The molecule has 0 bridgehead atoms. The minimum absolute atomic E-state index is 0.204. The van der Waals surface area contributed by atoms with Crippen LogP contribution in [-0.4, -0.2) is 12.7 Å². The van der Waals surface area contributed by atoms with Crippen LogP contribution in [0.25, 0.3) is 0 Å². The van der Waals surface area contributed by atoms with Crippen molar-refractivity contribution in [2.45, 2.75) is 51.0 Å². The van der Waals surface area contributed by atoms with E-state index in [1.165, 1.54) is 29.5 Å². The van der Waals surface area contributed by atoms with Crippen LogP contribution in [-0.2, 0) is 22.7 Å². The fourth-order valence-corrected chi connectivity index (χ4v) is 2.98. The molecule has 1 fully saturated rings. The summed E-state index contributed by atoms with van der Waals surface area (Å²) in [4.78, 5) is 0. The highest BCUT2D eigenvalue weighted by atomic mass is 16.5. The zero-order chi connectivity index (χ0) is 13.1. The van der Waals surface area contributed by atoms with Crippen LogP contribution in [0.4, 0.5) is 0 Å². The lowest BCUT2D eigenvalue weighted by Gasteiger charge is -2.19. The highest BCUT2D eigenvalue weighted by molar-refractivity contribution is 5.34. The Morgan fingerprint density at radius 3 is 3.00 bits per heavy atom. The standard InChI is InChI=1S/C15H22N2O2/c16-17-15(6-5-14-2-1-7-19-14)11-3-4-12-9-18-10-13(12)8-11/h3-4,8,14-15,17H,1-2,5-7,9-10,16H2. The van der Waals surface area contributed by atoms with E-state index in [1.807, 2.05) is 0 Å². The molecule has 1 aromatic rings. The van der Waals surface area contributed by atoms with Crippen molar-refractivity contribution in [2.24, 2.45) is 5.84 Å². The zero-order valence-corrected chi connectivity index (χ0v) is 11.2. The monoisotopic (exact) mass is 262 g/mol. The number of fused-ring (bicyclic) bond motifs is 1. The third-order valence-electron chi connectivity index (χ3n) is 4.15. The Morgan fingerprint density at radius 1 is 1.32 bits per heavy atom. The van der Waals surface area contributed by atoms with Gasteiger partial charge in [-0.25, -0.2) is 0 Å². The molecule has 2 unspecified atom stereocenters. The fraction of sp³-hybridized carbons (Fsp3) is 0.600. The van der Waals surface area contributed by atoms with Gasteiger partial charge in [-0.05, 0) is 42.4 Å². The van der Waals surface area contributed by atoms with Crippen LogP contribution in [0.2, 0.25) is 0 Å². The molecule has 0 aliphatic carbocycles. The topological polar surface area (TPSA) is 56.5 Å². The largest absolute Gasteiger partial charge is 0.378 e. The van der Waals surface area contributed by atoms with E-state index in [1.54, 1.807) is 0 Å². The van der Waals surface area contributed by atoms with Crippen molar-refractivity contribution < 1.29 is 9.47 Å². The molecule has 1 saturated heterocycles. The lowest BCUT2D eigenvalue weighted by Crippen LogP contribution is -2.29. The molecule has 0 amide bonds. The molecule has 4 nitrogen and oxygen atoms in total. The maximum Gasteiger partial charge on any atom is 0.0725 e.